The van der Waals surface area contributed by atoms with Crippen LogP contribution in [-0.4, -0.2) is 17.0 Å². The van der Waals surface area contributed by atoms with Gasteiger partial charge in [0.25, 0.3) is 0 Å². The van der Waals surface area contributed by atoms with Gasteiger partial charge in [-0.15, -0.1) is 0 Å². The maximum absolute atomic E-state index is 4.47. The minimum atomic E-state index is 0.789. The first-order valence-electron chi connectivity index (χ1n) is 5.27. The summed E-state index contributed by atoms with van der Waals surface area (Å²) in [6.07, 6.45) is 3.50. The van der Waals surface area contributed by atoms with Gasteiger partial charge in [-0.2, -0.15) is 0 Å². The zero-order chi connectivity index (χ0) is 11.5. The number of aromatic nitrogens is 2. The molecule has 1 aromatic heterocycles. The predicted molar refractivity (Wildman–Crippen MR) is 66.5 cm³/mol. The maximum atomic E-state index is 4.47. The molecule has 0 unspecified atom stereocenters. The molecule has 3 nitrogen and oxygen atoms in total. The van der Waals surface area contributed by atoms with Crippen molar-refractivity contribution in [3.05, 3.63) is 41.7 Å². The number of benzene rings is 1. The summed E-state index contributed by atoms with van der Waals surface area (Å²) < 4.78 is 0. The first-order valence-corrected chi connectivity index (χ1v) is 5.27. The summed E-state index contributed by atoms with van der Waals surface area (Å²) in [6.45, 7) is 4.18. The second-order valence-electron chi connectivity index (χ2n) is 3.92. The van der Waals surface area contributed by atoms with Crippen molar-refractivity contribution in [3.8, 4) is 11.3 Å². The third kappa shape index (κ3) is 2.19. The van der Waals surface area contributed by atoms with Crippen molar-refractivity contribution < 1.29 is 0 Å². The zero-order valence-corrected chi connectivity index (χ0v) is 9.78. The van der Waals surface area contributed by atoms with Gasteiger partial charge in [-0.3, -0.25) is 4.98 Å². The van der Waals surface area contributed by atoms with Crippen LogP contribution in [-0.2, 0) is 0 Å². The summed E-state index contributed by atoms with van der Waals surface area (Å²) in [5, 5.41) is 2.99. The molecule has 3 heteroatoms. The van der Waals surface area contributed by atoms with Crippen LogP contribution in [0.25, 0.3) is 11.3 Å². The molecular weight excluding hydrogens is 198 g/mol. The van der Waals surface area contributed by atoms with Crippen LogP contribution in [0.5, 0.6) is 0 Å². The van der Waals surface area contributed by atoms with Crippen molar-refractivity contribution in [1.29, 1.82) is 0 Å². The van der Waals surface area contributed by atoms with Crippen molar-refractivity contribution in [2.45, 2.75) is 13.8 Å². The lowest BCUT2D eigenvalue weighted by Crippen LogP contribution is -1.95. The molecule has 0 bridgehead atoms. The van der Waals surface area contributed by atoms with E-state index in [4.69, 9.17) is 0 Å². The zero-order valence-electron chi connectivity index (χ0n) is 9.78. The summed E-state index contributed by atoms with van der Waals surface area (Å²) in [4.78, 5) is 8.64. The lowest BCUT2D eigenvalue weighted by Gasteiger charge is -2.05. The van der Waals surface area contributed by atoms with E-state index >= 15 is 0 Å². The van der Waals surface area contributed by atoms with Crippen LogP contribution in [0, 0.1) is 13.8 Å². The average Bonchev–Trinajstić information content (AvgIpc) is 2.28. The highest BCUT2D eigenvalue weighted by Gasteiger charge is 2.02. The number of hydrogen-bond donors (Lipinski definition) is 1. The Balaban J connectivity index is 2.49. The molecule has 0 saturated heterocycles. The molecular formula is C13H15N3. The summed E-state index contributed by atoms with van der Waals surface area (Å²) in [7, 11) is 1.84. The van der Waals surface area contributed by atoms with Crippen LogP contribution in [0.3, 0.4) is 0 Å². The minimum absolute atomic E-state index is 0.789. The van der Waals surface area contributed by atoms with Gasteiger partial charge in [0.05, 0.1) is 18.1 Å². The van der Waals surface area contributed by atoms with Gasteiger partial charge in [0.1, 0.15) is 5.82 Å². The third-order valence-electron chi connectivity index (χ3n) is 2.41. The van der Waals surface area contributed by atoms with E-state index in [1.807, 2.05) is 7.05 Å². The van der Waals surface area contributed by atoms with Gasteiger partial charge < -0.3 is 5.32 Å². The number of aryl methyl sites for hydroxylation is 2. The fourth-order valence-corrected chi connectivity index (χ4v) is 1.75. The minimum Gasteiger partial charge on any atom is -0.372 e. The maximum Gasteiger partial charge on any atom is 0.144 e. The van der Waals surface area contributed by atoms with Gasteiger partial charge in [-0.05, 0) is 26.0 Å². The third-order valence-corrected chi connectivity index (χ3v) is 2.41. The molecule has 82 valence electrons. The Kier molecular flexibility index (Phi) is 2.86. The van der Waals surface area contributed by atoms with Gasteiger partial charge in [0.15, 0.2) is 0 Å². The number of rotatable bonds is 2. The molecule has 1 heterocycles. The van der Waals surface area contributed by atoms with E-state index in [0.717, 1.165) is 17.1 Å². The lowest BCUT2D eigenvalue weighted by molar-refractivity contribution is 1.19. The largest absolute Gasteiger partial charge is 0.372 e. The van der Waals surface area contributed by atoms with E-state index in [2.05, 4.69) is 47.3 Å². The summed E-state index contributed by atoms with van der Waals surface area (Å²) in [5.74, 6) is 0.789. The Morgan fingerprint density at radius 3 is 2.31 bits per heavy atom. The molecule has 0 saturated carbocycles. The van der Waals surface area contributed by atoms with E-state index in [1.54, 1.807) is 12.4 Å². The molecule has 1 N–H and O–H groups in total. The first kappa shape index (κ1) is 10.6. The second-order valence-corrected chi connectivity index (χ2v) is 3.92. The Labute approximate surface area is 95.6 Å². The van der Waals surface area contributed by atoms with Gasteiger partial charge >= 0.3 is 0 Å². The van der Waals surface area contributed by atoms with Gasteiger partial charge in [0, 0.05) is 12.6 Å². The van der Waals surface area contributed by atoms with Gasteiger partial charge in [-0.25, -0.2) is 4.98 Å². The first-order chi connectivity index (χ1) is 7.69. The quantitative estimate of drug-likeness (QED) is 0.833. The predicted octanol–water partition coefficient (Wildman–Crippen LogP) is 2.80. The van der Waals surface area contributed by atoms with Crippen LogP contribution in [0.4, 0.5) is 5.82 Å². The van der Waals surface area contributed by atoms with Crippen molar-refractivity contribution in [3.63, 3.8) is 0 Å². The number of hydrogen-bond acceptors (Lipinski definition) is 3. The smallest absolute Gasteiger partial charge is 0.144 e. The van der Waals surface area contributed by atoms with Crippen LogP contribution in [0.15, 0.2) is 30.6 Å². The Morgan fingerprint density at radius 1 is 1.00 bits per heavy atom. The van der Waals surface area contributed by atoms with Crippen LogP contribution in [0.1, 0.15) is 11.1 Å². The highest BCUT2D eigenvalue weighted by atomic mass is 15.0. The van der Waals surface area contributed by atoms with Crippen LogP contribution < -0.4 is 5.32 Å². The van der Waals surface area contributed by atoms with E-state index in [9.17, 15) is 0 Å². The molecule has 0 fully saturated rings. The normalized spacial score (nSPS) is 10.2. The molecule has 1 aromatic carbocycles. The molecule has 0 radical (unpaired) electrons. The number of nitrogens with zero attached hydrogens (tertiary/aromatic N) is 2. The Morgan fingerprint density at radius 2 is 1.69 bits per heavy atom. The molecule has 2 aromatic rings. The Hall–Kier alpha value is -1.90. The van der Waals surface area contributed by atoms with E-state index < -0.39 is 0 Å². The lowest BCUT2D eigenvalue weighted by atomic mass is 10.1. The fraction of sp³-hybridized carbons (Fsp3) is 0.231. The highest BCUT2D eigenvalue weighted by molar-refractivity contribution is 5.61. The monoisotopic (exact) mass is 213 g/mol. The number of anilines is 1. The summed E-state index contributed by atoms with van der Waals surface area (Å²) in [5.41, 5.74) is 4.50. The van der Waals surface area contributed by atoms with Crippen molar-refractivity contribution in [2.75, 3.05) is 12.4 Å². The van der Waals surface area contributed by atoms with Crippen molar-refractivity contribution in [2.24, 2.45) is 0 Å². The molecule has 0 aliphatic rings. The van der Waals surface area contributed by atoms with E-state index in [0.29, 0.717) is 0 Å². The molecule has 0 aliphatic carbocycles. The SMILES string of the molecule is CNc1cncc(-c2cc(C)cc(C)c2)n1. The molecule has 0 amide bonds. The summed E-state index contributed by atoms with van der Waals surface area (Å²) >= 11 is 0. The summed E-state index contributed by atoms with van der Waals surface area (Å²) in [6, 6.07) is 6.39. The van der Waals surface area contributed by atoms with E-state index in [-0.39, 0.29) is 0 Å². The van der Waals surface area contributed by atoms with Gasteiger partial charge in [0.2, 0.25) is 0 Å². The van der Waals surface area contributed by atoms with Crippen LogP contribution in [0.2, 0.25) is 0 Å². The van der Waals surface area contributed by atoms with E-state index in [1.165, 1.54) is 11.1 Å². The average molecular weight is 213 g/mol. The van der Waals surface area contributed by atoms with Crippen molar-refractivity contribution in [1.82, 2.24) is 9.97 Å². The number of nitrogens with one attached hydrogen (secondary N) is 1. The van der Waals surface area contributed by atoms with Crippen LogP contribution >= 0.6 is 0 Å². The molecule has 16 heavy (non-hydrogen) atoms. The Bertz CT molecular complexity index is 486. The molecule has 0 aliphatic heterocycles. The fourth-order valence-electron chi connectivity index (χ4n) is 1.75. The molecule has 0 atom stereocenters. The topological polar surface area (TPSA) is 37.8 Å². The highest BCUT2D eigenvalue weighted by Crippen LogP contribution is 2.20. The standard InChI is InChI=1S/C13H15N3/c1-9-4-10(2)6-11(5-9)12-7-15-8-13(14-3)16-12/h4-8H,1-3H3,(H,14,16). The molecule has 0 spiro atoms. The molecule has 2 rings (SSSR count). The van der Waals surface area contributed by atoms with Gasteiger partial charge in [-0.1, -0.05) is 17.2 Å². The second kappa shape index (κ2) is 4.31. The van der Waals surface area contributed by atoms with Crippen molar-refractivity contribution >= 4 is 5.82 Å².